The van der Waals surface area contributed by atoms with Crippen molar-refractivity contribution in [2.24, 2.45) is 5.41 Å². The Hall–Kier alpha value is -2.60. The molecule has 2 fully saturated rings. The number of carbonyl (C=O) groups excluding carboxylic acids is 1. The molecule has 0 N–H and O–H groups in total. The first-order valence-electron chi connectivity index (χ1n) is 9.50. The topological polar surface area (TPSA) is 54.9 Å². The molecule has 3 aliphatic heterocycles. The maximum atomic E-state index is 13.0. The Kier molecular flexibility index (Phi) is 3.82. The number of likely N-dealkylation sites (tertiary alicyclic amines) is 1. The first-order valence-corrected chi connectivity index (χ1v) is 9.50. The molecule has 1 aromatic heterocycles. The lowest BCUT2D eigenvalue weighted by atomic mass is 9.70. The van der Waals surface area contributed by atoms with Crippen molar-refractivity contribution in [1.29, 1.82) is 0 Å². The number of hydrogen-bond donors (Lipinski definition) is 0. The zero-order chi connectivity index (χ0) is 18.4. The average Bonchev–Trinajstić information content (AvgIpc) is 3.15. The van der Waals surface area contributed by atoms with Crippen molar-refractivity contribution in [2.75, 3.05) is 31.3 Å². The van der Waals surface area contributed by atoms with E-state index in [9.17, 15) is 4.79 Å². The second-order valence-corrected chi connectivity index (χ2v) is 7.76. The number of aryl methyl sites for hydroxylation is 1. The number of pyridine rings is 1. The molecule has 2 aromatic rings. The number of rotatable bonds is 3. The molecule has 0 aliphatic carbocycles. The van der Waals surface area contributed by atoms with Crippen LogP contribution >= 0.6 is 0 Å². The lowest BCUT2D eigenvalue weighted by Gasteiger charge is -2.52. The molecular weight excluding hydrogens is 342 g/mol. The summed E-state index contributed by atoms with van der Waals surface area (Å²) in [7, 11) is 0. The fourth-order valence-electron chi connectivity index (χ4n) is 4.33. The summed E-state index contributed by atoms with van der Waals surface area (Å²) >= 11 is 0. The van der Waals surface area contributed by atoms with Crippen LogP contribution in [0.4, 0.5) is 5.69 Å². The van der Waals surface area contributed by atoms with Crippen LogP contribution in [-0.4, -0.2) is 42.2 Å². The summed E-state index contributed by atoms with van der Waals surface area (Å²) in [6, 6.07) is 11.9. The highest BCUT2D eigenvalue weighted by atomic mass is 16.7. The molecule has 3 aliphatic rings. The van der Waals surface area contributed by atoms with E-state index in [1.807, 2.05) is 36.1 Å². The van der Waals surface area contributed by atoms with E-state index in [-0.39, 0.29) is 18.1 Å². The highest BCUT2D eigenvalue weighted by Crippen LogP contribution is 2.46. The van der Waals surface area contributed by atoms with Gasteiger partial charge in [-0.1, -0.05) is 6.07 Å². The second kappa shape index (κ2) is 6.23. The summed E-state index contributed by atoms with van der Waals surface area (Å²) in [6.45, 7) is 5.81. The van der Waals surface area contributed by atoms with E-state index < -0.39 is 0 Å². The van der Waals surface area contributed by atoms with E-state index in [1.54, 1.807) is 0 Å². The molecule has 140 valence electrons. The maximum absolute atomic E-state index is 13.0. The number of benzene rings is 1. The van der Waals surface area contributed by atoms with Crippen molar-refractivity contribution in [3.8, 4) is 11.5 Å². The van der Waals surface area contributed by atoms with Crippen LogP contribution in [0.3, 0.4) is 0 Å². The minimum Gasteiger partial charge on any atom is -0.454 e. The Morgan fingerprint density at radius 3 is 2.70 bits per heavy atom. The fourth-order valence-corrected chi connectivity index (χ4v) is 4.33. The first kappa shape index (κ1) is 16.6. The van der Waals surface area contributed by atoms with Gasteiger partial charge in [0.15, 0.2) is 11.5 Å². The van der Waals surface area contributed by atoms with Gasteiger partial charge >= 0.3 is 0 Å². The van der Waals surface area contributed by atoms with Crippen molar-refractivity contribution in [2.45, 2.75) is 26.3 Å². The quantitative estimate of drug-likeness (QED) is 0.783. The van der Waals surface area contributed by atoms with Gasteiger partial charge in [0.2, 0.25) is 12.7 Å². The Labute approximate surface area is 158 Å². The van der Waals surface area contributed by atoms with Crippen LogP contribution in [0.25, 0.3) is 0 Å². The van der Waals surface area contributed by atoms with Gasteiger partial charge in [0.05, 0.1) is 11.1 Å². The fraction of sp³-hybridized carbons (Fsp3) is 0.429. The number of fused-ring (bicyclic) bond motifs is 1. The number of anilines is 1. The molecule has 0 unspecified atom stereocenters. The van der Waals surface area contributed by atoms with E-state index in [0.717, 1.165) is 67.6 Å². The summed E-state index contributed by atoms with van der Waals surface area (Å²) < 4.78 is 10.8. The third-order valence-electron chi connectivity index (χ3n) is 5.97. The van der Waals surface area contributed by atoms with Crippen molar-refractivity contribution in [3.05, 3.63) is 47.8 Å². The van der Waals surface area contributed by atoms with Gasteiger partial charge in [-0.2, -0.15) is 0 Å². The number of piperidine rings is 1. The number of ether oxygens (including phenoxy) is 2. The van der Waals surface area contributed by atoms with E-state index in [4.69, 9.17) is 9.47 Å². The zero-order valence-corrected chi connectivity index (χ0v) is 15.5. The van der Waals surface area contributed by atoms with E-state index in [2.05, 4.69) is 22.0 Å². The average molecular weight is 365 g/mol. The Balaban J connectivity index is 1.22. The first-order chi connectivity index (χ1) is 13.1. The Bertz CT molecular complexity index is 890. The Morgan fingerprint density at radius 2 is 1.93 bits per heavy atom. The molecule has 0 atom stereocenters. The number of carbonyl (C=O) groups is 1. The molecule has 1 amide bonds. The molecule has 2 saturated heterocycles. The normalized spacial score (nSPS) is 20.8. The summed E-state index contributed by atoms with van der Waals surface area (Å²) in [5, 5.41) is 0. The van der Waals surface area contributed by atoms with E-state index >= 15 is 0 Å². The third-order valence-corrected chi connectivity index (χ3v) is 5.97. The predicted octanol–water partition coefficient (Wildman–Crippen LogP) is 2.75. The highest BCUT2D eigenvalue weighted by Gasteiger charge is 2.53. The maximum Gasteiger partial charge on any atom is 0.235 e. The standard InChI is InChI=1S/C21H23N3O3/c1-15-3-2-4-16(22-15)12-23-9-7-21(8-10-23)13-24(20(21)25)17-5-6-18-19(11-17)27-14-26-18/h2-6,11H,7-10,12-14H2,1H3. The van der Waals surface area contributed by atoms with E-state index in [1.165, 1.54) is 0 Å². The predicted molar refractivity (Wildman–Crippen MR) is 101 cm³/mol. The van der Waals surface area contributed by atoms with E-state index in [0.29, 0.717) is 0 Å². The molecule has 0 radical (unpaired) electrons. The van der Waals surface area contributed by atoms with Crippen LogP contribution in [0.2, 0.25) is 0 Å². The van der Waals surface area contributed by atoms with Crippen molar-refractivity contribution in [1.82, 2.24) is 9.88 Å². The van der Waals surface area contributed by atoms with Gasteiger partial charge in [0, 0.05) is 30.5 Å². The smallest absolute Gasteiger partial charge is 0.235 e. The van der Waals surface area contributed by atoms with Gasteiger partial charge < -0.3 is 14.4 Å². The van der Waals surface area contributed by atoms with Gasteiger partial charge in [0.1, 0.15) is 0 Å². The number of β-lactam (4-membered cyclic amide) rings is 1. The van der Waals surface area contributed by atoms with Crippen molar-refractivity contribution < 1.29 is 14.3 Å². The minimum absolute atomic E-state index is 0.188. The summed E-state index contributed by atoms with van der Waals surface area (Å²) in [4.78, 5) is 21.8. The van der Waals surface area contributed by atoms with Crippen LogP contribution in [0.5, 0.6) is 11.5 Å². The SMILES string of the molecule is Cc1cccc(CN2CCC3(CC2)CN(c2ccc4c(c2)OCO4)C3=O)n1. The summed E-state index contributed by atoms with van der Waals surface area (Å²) in [5.41, 5.74) is 2.87. The van der Waals surface area contributed by atoms with Gasteiger partial charge in [-0.25, -0.2) is 0 Å². The van der Waals surface area contributed by atoms with Crippen LogP contribution < -0.4 is 14.4 Å². The van der Waals surface area contributed by atoms with Gasteiger partial charge in [-0.15, -0.1) is 0 Å². The molecule has 1 spiro atoms. The van der Waals surface area contributed by atoms with Gasteiger partial charge in [-0.05, 0) is 57.1 Å². The molecule has 27 heavy (non-hydrogen) atoms. The Morgan fingerprint density at radius 1 is 1.11 bits per heavy atom. The number of hydrogen-bond acceptors (Lipinski definition) is 5. The van der Waals surface area contributed by atoms with Crippen LogP contribution in [0, 0.1) is 12.3 Å². The summed E-state index contributed by atoms with van der Waals surface area (Å²) in [6.07, 6.45) is 1.83. The lowest BCUT2D eigenvalue weighted by molar-refractivity contribution is -0.138. The monoisotopic (exact) mass is 365 g/mol. The van der Waals surface area contributed by atoms with Gasteiger partial charge in [0.25, 0.3) is 0 Å². The van der Waals surface area contributed by atoms with Crippen molar-refractivity contribution >= 4 is 11.6 Å². The largest absolute Gasteiger partial charge is 0.454 e. The molecule has 5 rings (SSSR count). The molecule has 0 bridgehead atoms. The third kappa shape index (κ3) is 2.84. The van der Waals surface area contributed by atoms with Crippen LogP contribution in [0.15, 0.2) is 36.4 Å². The molecular formula is C21H23N3O3. The van der Waals surface area contributed by atoms with Gasteiger partial charge in [-0.3, -0.25) is 14.7 Å². The minimum atomic E-state index is -0.188. The highest BCUT2D eigenvalue weighted by molar-refractivity contribution is 6.04. The van der Waals surface area contributed by atoms with Crippen LogP contribution in [-0.2, 0) is 11.3 Å². The number of nitrogens with zero attached hydrogens (tertiary/aromatic N) is 3. The van der Waals surface area contributed by atoms with Crippen molar-refractivity contribution in [3.63, 3.8) is 0 Å². The lowest BCUT2D eigenvalue weighted by Crippen LogP contribution is -2.64. The molecule has 0 saturated carbocycles. The molecule has 1 aromatic carbocycles. The molecule has 4 heterocycles. The number of amides is 1. The molecule has 6 heteroatoms. The zero-order valence-electron chi connectivity index (χ0n) is 15.5. The number of aromatic nitrogens is 1. The summed E-state index contributed by atoms with van der Waals surface area (Å²) in [5.74, 6) is 1.72. The van der Waals surface area contributed by atoms with Crippen LogP contribution in [0.1, 0.15) is 24.2 Å². The molecule has 6 nitrogen and oxygen atoms in total. The second-order valence-electron chi connectivity index (χ2n) is 7.76.